The average molecular weight is 234 g/mol. The van der Waals surface area contributed by atoms with Gasteiger partial charge >= 0.3 is 33.9 Å². The molecule has 0 saturated heterocycles. The summed E-state index contributed by atoms with van der Waals surface area (Å²) in [5.74, 6) is 0. The standard InChI is InChI=1S/C7H10.3CO.Fe/c1-3-7-5-4-6(7)2;3*1-2;/h4-5H,3H2,1-2H3;;;;. The second kappa shape index (κ2) is 22.8. The fraction of sp³-hybridized carbons (Fsp3) is 0.300. The first-order valence-electron chi connectivity index (χ1n) is 3.33. The molecule has 1 aliphatic carbocycles. The molecule has 0 saturated carbocycles. The van der Waals surface area contributed by atoms with E-state index in [2.05, 4.69) is 46.0 Å². The molecule has 0 aromatic rings. The van der Waals surface area contributed by atoms with Crippen LogP contribution in [0.25, 0.3) is 0 Å². The molecule has 0 radical (unpaired) electrons. The summed E-state index contributed by atoms with van der Waals surface area (Å²) < 4.78 is 22.5. The van der Waals surface area contributed by atoms with Crippen molar-refractivity contribution in [2.45, 2.75) is 20.3 Å². The SMILES string of the molecule is CCC1=C(C)C=C1.[C-]#[O+].[C-]#[O+].[C-]#[O+].[Fe]. The van der Waals surface area contributed by atoms with Crippen molar-refractivity contribution < 1.29 is 31.0 Å². The molecule has 0 aromatic heterocycles. The number of hydrogen-bond acceptors (Lipinski definition) is 0. The van der Waals surface area contributed by atoms with Crippen LogP contribution >= 0.6 is 0 Å². The topological polar surface area (TPSA) is 59.7 Å². The molecule has 0 aliphatic heterocycles. The molecular formula is C10H10FeO3. The van der Waals surface area contributed by atoms with E-state index in [4.69, 9.17) is 14.0 Å². The van der Waals surface area contributed by atoms with Crippen LogP contribution in [0.3, 0.4) is 0 Å². The Morgan fingerprint density at radius 1 is 1.00 bits per heavy atom. The first kappa shape index (κ1) is 23.2. The Bertz CT molecular complexity index is 219. The molecule has 0 fully saturated rings. The van der Waals surface area contributed by atoms with Crippen molar-refractivity contribution >= 4 is 0 Å². The minimum absolute atomic E-state index is 0. The van der Waals surface area contributed by atoms with Crippen LogP contribution in [0.15, 0.2) is 23.3 Å². The summed E-state index contributed by atoms with van der Waals surface area (Å²) in [6.07, 6.45) is 5.52. The van der Waals surface area contributed by atoms with Crippen LogP contribution in [0.5, 0.6) is 0 Å². The third-order valence-corrected chi connectivity index (χ3v) is 1.42. The predicted octanol–water partition coefficient (Wildman–Crippen LogP) is 2.17. The molecule has 1 rings (SSSR count). The normalized spacial score (nSPS) is 9.14. The second-order valence-corrected chi connectivity index (χ2v) is 1.90. The maximum absolute atomic E-state index is 7.50. The molecular weight excluding hydrogens is 224 g/mol. The van der Waals surface area contributed by atoms with Crippen LogP contribution in [0.2, 0.25) is 0 Å². The Morgan fingerprint density at radius 3 is 1.36 bits per heavy atom. The molecule has 14 heavy (non-hydrogen) atoms. The van der Waals surface area contributed by atoms with Crippen molar-refractivity contribution in [2.24, 2.45) is 0 Å². The largest absolute Gasteiger partial charge is 0 e. The molecule has 0 N–H and O–H groups in total. The Kier molecular flexibility index (Phi) is 37.8. The second-order valence-electron chi connectivity index (χ2n) is 1.90. The van der Waals surface area contributed by atoms with E-state index in [0.29, 0.717) is 0 Å². The van der Waals surface area contributed by atoms with Crippen LogP contribution in [-0.4, -0.2) is 0 Å². The molecule has 0 aromatic carbocycles. The zero-order valence-electron chi connectivity index (χ0n) is 7.94. The average Bonchev–Trinajstić information content (AvgIpc) is 2.25. The minimum atomic E-state index is 0. The fourth-order valence-corrected chi connectivity index (χ4v) is 0.765. The van der Waals surface area contributed by atoms with Crippen LogP contribution in [0.1, 0.15) is 20.3 Å². The molecule has 3 nitrogen and oxygen atoms in total. The molecule has 1 aliphatic rings. The van der Waals surface area contributed by atoms with Gasteiger partial charge in [0.2, 0.25) is 0 Å². The number of allylic oxidation sites excluding steroid dienone is 4. The summed E-state index contributed by atoms with van der Waals surface area (Å²) in [4.78, 5) is 0. The number of hydrogen-bond donors (Lipinski definition) is 0. The van der Waals surface area contributed by atoms with Crippen molar-refractivity contribution in [1.82, 2.24) is 0 Å². The summed E-state index contributed by atoms with van der Waals surface area (Å²) in [6, 6.07) is 0. The van der Waals surface area contributed by atoms with Gasteiger partial charge in [-0.2, -0.15) is 0 Å². The van der Waals surface area contributed by atoms with Crippen LogP contribution in [-0.2, 0) is 31.0 Å². The molecule has 0 amide bonds. The van der Waals surface area contributed by atoms with Crippen LogP contribution in [0.4, 0.5) is 0 Å². The third kappa shape index (κ3) is 11.2. The van der Waals surface area contributed by atoms with Gasteiger partial charge in [0.25, 0.3) is 0 Å². The first-order chi connectivity index (χ1) is 6.34. The van der Waals surface area contributed by atoms with Crippen LogP contribution in [0, 0.1) is 20.0 Å². The maximum Gasteiger partial charge on any atom is 0 e. The van der Waals surface area contributed by atoms with Crippen molar-refractivity contribution in [1.29, 1.82) is 0 Å². The zero-order valence-corrected chi connectivity index (χ0v) is 9.04. The smallest absolute Gasteiger partial charge is 0 e. The third-order valence-electron chi connectivity index (χ3n) is 1.42. The van der Waals surface area contributed by atoms with E-state index in [1.54, 1.807) is 0 Å². The van der Waals surface area contributed by atoms with Gasteiger partial charge in [0.15, 0.2) is 0 Å². The quantitative estimate of drug-likeness (QED) is 0.379. The van der Waals surface area contributed by atoms with Gasteiger partial charge in [0.1, 0.15) is 0 Å². The van der Waals surface area contributed by atoms with Crippen molar-refractivity contribution in [3.8, 4) is 0 Å². The predicted molar refractivity (Wildman–Crippen MR) is 43.9 cm³/mol. The minimum Gasteiger partial charge on any atom is 0 e. The Morgan fingerprint density at radius 2 is 1.36 bits per heavy atom. The van der Waals surface area contributed by atoms with Gasteiger partial charge in [-0.15, -0.1) is 0 Å². The van der Waals surface area contributed by atoms with Gasteiger partial charge < -0.3 is 0 Å². The molecule has 0 heterocycles. The van der Waals surface area contributed by atoms with Gasteiger partial charge in [-0.05, 0) is 24.5 Å². The van der Waals surface area contributed by atoms with E-state index in [9.17, 15) is 0 Å². The molecule has 4 heteroatoms. The molecule has 76 valence electrons. The Balaban J connectivity index is -0.0000000625. The summed E-state index contributed by atoms with van der Waals surface area (Å²) in [5.41, 5.74) is 2.97. The van der Waals surface area contributed by atoms with Gasteiger partial charge in [0.05, 0.1) is 0 Å². The van der Waals surface area contributed by atoms with E-state index >= 15 is 0 Å². The van der Waals surface area contributed by atoms with E-state index in [1.165, 1.54) is 17.6 Å². The van der Waals surface area contributed by atoms with E-state index < -0.39 is 0 Å². The summed E-state index contributed by atoms with van der Waals surface area (Å²) in [6.45, 7) is 17.8. The van der Waals surface area contributed by atoms with E-state index in [0.717, 1.165) is 0 Å². The molecule has 0 atom stereocenters. The van der Waals surface area contributed by atoms with Gasteiger partial charge in [-0.3, -0.25) is 0 Å². The molecule has 0 unspecified atom stereocenters. The summed E-state index contributed by atoms with van der Waals surface area (Å²) >= 11 is 0. The van der Waals surface area contributed by atoms with Gasteiger partial charge in [0, 0.05) is 17.1 Å². The van der Waals surface area contributed by atoms with Crippen molar-refractivity contribution in [3.05, 3.63) is 43.2 Å². The van der Waals surface area contributed by atoms with Crippen molar-refractivity contribution in [2.75, 3.05) is 0 Å². The van der Waals surface area contributed by atoms with Crippen LogP contribution < -0.4 is 0 Å². The van der Waals surface area contributed by atoms with E-state index in [1.807, 2.05) is 0 Å². The van der Waals surface area contributed by atoms with Gasteiger partial charge in [-0.1, -0.05) is 19.1 Å². The first-order valence-corrected chi connectivity index (χ1v) is 3.33. The van der Waals surface area contributed by atoms with Gasteiger partial charge in [-0.25, -0.2) is 0 Å². The van der Waals surface area contributed by atoms with E-state index in [-0.39, 0.29) is 17.1 Å². The maximum atomic E-state index is 7.50. The molecule has 0 spiro atoms. The Hall–Kier alpha value is -0.781. The zero-order chi connectivity index (χ0) is 11.3. The van der Waals surface area contributed by atoms with Crippen molar-refractivity contribution in [3.63, 3.8) is 0 Å². The number of rotatable bonds is 1. The summed E-state index contributed by atoms with van der Waals surface area (Å²) in [7, 11) is 0. The molecule has 0 bridgehead atoms. The summed E-state index contributed by atoms with van der Waals surface area (Å²) in [5, 5.41) is 0. The Labute approximate surface area is 94.9 Å². The fourth-order valence-electron chi connectivity index (χ4n) is 0.765. The monoisotopic (exact) mass is 234 g/mol.